The summed E-state index contributed by atoms with van der Waals surface area (Å²) in [4.78, 5) is -1.51. The Morgan fingerprint density at radius 3 is 1.35 bits per heavy atom. The molecule has 86 heavy (non-hydrogen) atoms. The zero-order valence-corrected chi connectivity index (χ0v) is 46.7. The number of nitrogens with two attached hydrogens (primary N) is 2. The van der Waals surface area contributed by atoms with Crippen LogP contribution >= 0.6 is 0 Å². The van der Waals surface area contributed by atoms with Crippen LogP contribution in [0.25, 0.3) is 33.7 Å². The molecule has 0 saturated carbocycles. The van der Waals surface area contributed by atoms with Crippen molar-refractivity contribution in [3.8, 4) is 23.0 Å². The lowest BCUT2D eigenvalue weighted by Crippen LogP contribution is -2.00. The van der Waals surface area contributed by atoms with Crippen molar-refractivity contribution in [2.75, 3.05) is 25.7 Å². The quantitative estimate of drug-likeness (QED) is 0.0202. The second-order valence-electron chi connectivity index (χ2n) is 18.4. The van der Waals surface area contributed by atoms with Gasteiger partial charge in [0.1, 0.15) is 44.0 Å². The minimum absolute atomic E-state index is 0.0165. The molecule has 0 amide bonds. The van der Waals surface area contributed by atoms with Gasteiger partial charge >= 0.3 is 0 Å². The lowest BCUT2D eigenvalue weighted by atomic mass is 10.0. The van der Waals surface area contributed by atoms with Gasteiger partial charge in [-0.3, -0.25) is 9.11 Å². The summed E-state index contributed by atoms with van der Waals surface area (Å²) in [6.45, 7) is 0. The molecule has 0 fully saturated rings. The smallest absolute Gasteiger partial charge is 0.296 e. The molecule has 10 rings (SSSR count). The Kier molecular flexibility index (Phi) is 16.9. The van der Waals surface area contributed by atoms with Crippen LogP contribution in [0.4, 0.5) is 79.6 Å². The fraction of sp³-hybridized carbons (Fsp3) is 0.0333. The van der Waals surface area contributed by atoms with Gasteiger partial charge in [0.2, 0.25) is 0 Å². The molecule has 0 aliphatic rings. The van der Waals surface area contributed by atoms with Gasteiger partial charge in [-0.15, -0.1) is 30.7 Å². The minimum Gasteiger partial charge on any atom is -0.505 e. The summed E-state index contributed by atoms with van der Waals surface area (Å²) in [6.07, 6.45) is 2.97. The molecule has 0 spiro atoms. The molecule has 0 aromatic heterocycles. The molecule has 0 aliphatic carbocycles. The number of phenolic OH excluding ortho intramolecular Hbond substituents is 2. The second kappa shape index (κ2) is 25.0. The first-order valence-corrected chi connectivity index (χ1v) is 28.3. The van der Waals surface area contributed by atoms with Crippen LogP contribution in [0.1, 0.15) is 11.1 Å². The summed E-state index contributed by atoms with van der Waals surface area (Å²) >= 11 is 0. The zero-order chi connectivity index (χ0) is 60.5. The highest BCUT2D eigenvalue weighted by atomic mass is 32.2. The van der Waals surface area contributed by atoms with E-state index >= 15 is 0 Å². The number of azo groups is 6. The first-order valence-electron chi connectivity index (χ1n) is 25.4. The summed E-state index contributed by atoms with van der Waals surface area (Å²) in [5.41, 5.74) is 16.4. The van der Waals surface area contributed by atoms with Crippen LogP contribution < -0.4 is 20.9 Å². The Morgan fingerprint density at radius 2 is 0.802 bits per heavy atom. The topological polar surface area (TPSA) is 368 Å². The molecule has 0 unspecified atom stereocenters. The highest BCUT2D eigenvalue weighted by Crippen LogP contribution is 2.48. The fourth-order valence-electron chi connectivity index (χ4n) is 8.51. The summed E-state index contributed by atoms with van der Waals surface area (Å²) in [7, 11) is -7.16. The molecule has 0 saturated heterocycles. The molecule has 428 valence electrons. The zero-order valence-electron chi connectivity index (χ0n) is 45.1. The van der Waals surface area contributed by atoms with E-state index in [0.29, 0.717) is 56.5 Å². The van der Waals surface area contributed by atoms with Crippen molar-refractivity contribution in [1.82, 2.24) is 0 Å². The number of methoxy groups -OCH3 is 2. The van der Waals surface area contributed by atoms with Gasteiger partial charge in [0.05, 0.1) is 70.5 Å². The monoisotopic (exact) mass is 1190 g/mol. The molecule has 24 nitrogen and oxygen atoms in total. The van der Waals surface area contributed by atoms with Crippen molar-refractivity contribution in [2.24, 2.45) is 61.4 Å². The highest BCUT2D eigenvalue weighted by molar-refractivity contribution is 7.86. The van der Waals surface area contributed by atoms with Crippen LogP contribution in [0.5, 0.6) is 23.0 Å². The maximum absolute atomic E-state index is 12.9. The number of nitrogens with zero attached hydrogens (tertiary/aromatic N) is 12. The average Bonchev–Trinajstić information content (AvgIpc) is 1.47. The SMILES string of the molecule is COc1cc(N=Nc2ccccc2)ccc1N=Nc1ccc(N)c2c(O)c(N=Nc3ccc(/C=C/c4ccc(N=Nc5c(S(=O)(=O)O)cc6c(N=Nc7ccc(N=Nc8ccccc8)cc7OC)ccc(N)c6c5O)cc4S(=O)(=O)O)cc3)ccc12. The number of anilines is 2. The van der Waals surface area contributed by atoms with Gasteiger partial charge in [-0.05, 0) is 126 Å². The van der Waals surface area contributed by atoms with Crippen molar-refractivity contribution in [3.63, 3.8) is 0 Å². The number of aromatic hydroxyl groups is 2. The molecular formula is C60H46N14O10S2. The number of rotatable bonds is 18. The van der Waals surface area contributed by atoms with E-state index in [9.17, 15) is 36.2 Å². The first-order chi connectivity index (χ1) is 41.4. The average molecular weight is 1190 g/mol. The summed E-state index contributed by atoms with van der Waals surface area (Å²) in [5.74, 6) is -0.383. The maximum Gasteiger partial charge on any atom is 0.296 e. The number of benzene rings is 10. The van der Waals surface area contributed by atoms with E-state index in [4.69, 9.17) is 20.9 Å². The molecule has 10 aromatic carbocycles. The third-order valence-electron chi connectivity index (χ3n) is 12.7. The number of hydrogen-bond acceptors (Lipinski definition) is 22. The fourth-order valence-corrected chi connectivity index (χ4v) is 9.86. The van der Waals surface area contributed by atoms with E-state index in [2.05, 4.69) is 61.4 Å². The number of phenols is 2. The predicted octanol–water partition coefficient (Wildman–Crippen LogP) is 17.7. The highest BCUT2D eigenvalue weighted by Gasteiger charge is 2.25. The molecule has 0 heterocycles. The number of hydrogen-bond donors (Lipinski definition) is 6. The molecule has 0 radical (unpaired) electrons. The van der Waals surface area contributed by atoms with Gasteiger partial charge in [-0.1, -0.05) is 66.7 Å². The van der Waals surface area contributed by atoms with E-state index < -0.39 is 41.5 Å². The van der Waals surface area contributed by atoms with Crippen LogP contribution in [-0.2, 0) is 20.2 Å². The van der Waals surface area contributed by atoms with Gasteiger partial charge in [0.25, 0.3) is 20.2 Å². The summed E-state index contributed by atoms with van der Waals surface area (Å²) in [6, 6.07) is 48.6. The number of nitrogen functional groups attached to an aromatic ring is 2. The normalized spacial score (nSPS) is 12.5. The van der Waals surface area contributed by atoms with Crippen molar-refractivity contribution < 1.29 is 45.6 Å². The van der Waals surface area contributed by atoms with E-state index in [1.807, 2.05) is 48.5 Å². The maximum atomic E-state index is 12.9. The lowest BCUT2D eigenvalue weighted by molar-refractivity contribution is 0.416. The van der Waals surface area contributed by atoms with Gasteiger partial charge in [-0.25, -0.2) is 0 Å². The van der Waals surface area contributed by atoms with Crippen molar-refractivity contribution in [1.29, 1.82) is 0 Å². The van der Waals surface area contributed by atoms with Gasteiger partial charge < -0.3 is 31.2 Å². The van der Waals surface area contributed by atoms with Crippen LogP contribution in [0.2, 0.25) is 0 Å². The van der Waals surface area contributed by atoms with E-state index in [1.54, 1.807) is 103 Å². The Hall–Kier alpha value is -11.3. The standard InChI is InChI=1S/C60H46N14O10S2/c1-83-52-31-40(66-63-37-9-5-3-6-10-37)21-26-49(52)71-69-47-29-24-45(61)56-43(47)23-28-51(59(56)75)73-65-39-18-14-35(15-19-39)13-16-36-17-20-42(33-54(36)85(77,78)79)68-74-58-55(86(80,81)82)34-44-48(30-25-46(62)57(44)60(58)76)70-72-50-27-22-41(32-53(50)84-2)67-64-38-11-7-4-8-12-38/h3-34,75-76H,61-62H2,1-2H3,(H,77,78,79)(H,80,81,82)/b16-13+,66-63?,67-64?,71-69?,72-70?,73-65?,74-68?. The Bertz CT molecular complexity index is 4720. The largest absolute Gasteiger partial charge is 0.505 e. The molecule has 0 atom stereocenters. The molecule has 0 bridgehead atoms. The molecule has 8 N–H and O–H groups in total. The van der Waals surface area contributed by atoms with Crippen molar-refractivity contribution in [2.45, 2.75) is 9.79 Å². The summed E-state index contributed by atoms with van der Waals surface area (Å²) < 4.78 is 82.9. The van der Waals surface area contributed by atoms with E-state index in [-0.39, 0.29) is 67.3 Å². The third-order valence-corrected chi connectivity index (χ3v) is 14.5. The molecule has 0 aliphatic heterocycles. The first kappa shape index (κ1) is 57.9. The van der Waals surface area contributed by atoms with Gasteiger partial charge in [0.15, 0.2) is 11.5 Å². The van der Waals surface area contributed by atoms with Gasteiger partial charge in [0, 0.05) is 34.3 Å². The third kappa shape index (κ3) is 13.3. The van der Waals surface area contributed by atoms with Crippen LogP contribution in [0.3, 0.4) is 0 Å². The van der Waals surface area contributed by atoms with Crippen molar-refractivity contribution >= 4 is 134 Å². The number of ether oxygens (including phenoxy) is 2. The van der Waals surface area contributed by atoms with E-state index in [1.165, 1.54) is 44.6 Å². The summed E-state index contributed by atoms with van der Waals surface area (Å²) in [5, 5.41) is 74.3. The Labute approximate surface area is 489 Å². The Balaban J connectivity index is 0.848. The molecule has 10 aromatic rings. The second-order valence-corrected chi connectivity index (χ2v) is 21.2. The molecular weight excluding hydrogens is 1140 g/mol. The lowest BCUT2D eigenvalue weighted by Gasteiger charge is -2.12. The Morgan fingerprint density at radius 1 is 0.384 bits per heavy atom. The van der Waals surface area contributed by atoms with E-state index in [0.717, 1.165) is 12.1 Å². The van der Waals surface area contributed by atoms with Crippen LogP contribution in [-0.4, -0.2) is 50.4 Å². The van der Waals surface area contributed by atoms with Crippen LogP contribution in [0, 0.1) is 0 Å². The van der Waals surface area contributed by atoms with Crippen LogP contribution in [0.15, 0.2) is 253 Å². The minimum atomic E-state index is -5.16. The predicted molar refractivity (Wildman–Crippen MR) is 325 cm³/mol. The van der Waals surface area contributed by atoms with Crippen molar-refractivity contribution in [3.05, 3.63) is 193 Å². The number of fused-ring (bicyclic) bond motifs is 2. The van der Waals surface area contributed by atoms with Gasteiger partial charge in [-0.2, -0.15) is 47.5 Å². The molecule has 26 heteroatoms.